The predicted molar refractivity (Wildman–Crippen MR) is 90.1 cm³/mol. The Morgan fingerprint density at radius 2 is 0.731 bits per heavy atom. The Kier molecular flexibility index (Phi) is 16.6. The Morgan fingerprint density at radius 1 is 0.500 bits per heavy atom. The minimum absolute atomic E-state index is 0.0936. The maximum atomic E-state index is 9.21. The summed E-state index contributed by atoms with van der Waals surface area (Å²) in [5.74, 6) is 0. The van der Waals surface area contributed by atoms with E-state index in [9.17, 15) is 10.2 Å². The number of aliphatic hydroxyl groups is 10. The average molecular weight is 390 g/mol. The average Bonchev–Trinajstić information content (AvgIpc) is 2.64. The second kappa shape index (κ2) is 15.6. The van der Waals surface area contributed by atoms with E-state index in [2.05, 4.69) is 10.6 Å². The molecule has 0 bridgehead atoms. The van der Waals surface area contributed by atoms with Gasteiger partial charge in [-0.05, 0) is 14.1 Å². The Labute approximate surface area is 152 Å². The summed E-state index contributed by atoms with van der Waals surface area (Å²) in [5.41, 5.74) is 0. The van der Waals surface area contributed by atoms with E-state index in [0.29, 0.717) is 0 Å². The van der Waals surface area contributed by atoms with Crippen molar-refractivity contribution in [3.8, 4) is 0 Å². The van der Waals surface area contributed by atoms with Crippen LogP contribution in [0.2, 0.25) is 0 Å². The summed E-state index contributed by atoms with van der Waals surface area (Å²) >= 11 is 0. The first kappa shape index (κ1) is 27.7. The number of hydrogen-bond donors (Lipinski definition) is 12. The molecule has 0 heterocycles. The molecule has 12 heteroatoms. The van der Waals surface area contributed by atoms with Crippen LogP contribution in [0.4, 0.5) is 0 Å². The minimum atomic E-state index is -1.55. The molecule has 0 aromatic heterocycles. The number of hydrogen-bond acceptors (Lipinski definition) is 12. The van der Waals surface area contributed by atoms with Crippen LogP contribution in [-0.4, -0.2) is 140 Å². The summed E-state index contributed by atoms with van der Waals surface area (Å²) in [7, 11) is 3.15. The smallest absolute Gasteiger partial charge is 0.111 e. The number of aliphatic hydroxyl groups excluding tert-OH is 10. The van der Waals surface area contributed by atoms with Gasteiger partial charge in [0.1, 0.15) is 36.6 Å². The molecule has 12 nitrogen and oxygen atoms in total. The van der Waals surface area contributed by atoms with Crippen molar-refractivity contribution in [3.05, 3.63) is 0 Å². The van der Waals surface area contributed by atoms with Crippen LogP contribution < -0.4 is 10.6 Å². The van der Waals surface area contributed by atoms with Gasteiger partial charge in [-0.3, -0.25) is 0 Å². The number of likely N-dealkylation sites (N-methyl/N-ethyl adjacent to an activating group) is 2. The molecule has 12 N–H and O–H groups in total. The van der Waals surface area contributed by atoms with Crippen molar-refractivity contribution in [1.82, 2.24) is 10.6 Å². The molecule has 8 atom stereocenters. The van der Waals surface area contributed by atoms with Crippen molar-refractivity contribution in [3.63, 3.8) is 0 Å². The number of rotatable bonds is 12. The zero-order chi connectivity index (χ0) is 20.9. The van der Waals surface area contributed by atoms with Gasteiger partial charge < -0.3 is 61.7 Å². The molecule has 0 spiro atoms. The second-order valence-electron chi connectivity index (χ2n) is 5.71. The zero-order valence-electron chi connectivity index (χ0n) is 14.9. The van der Waals surface area contributed by atoms with E-state index >= 15 is 0 Å². The van der Waals surface area contributed by atoms with Gasteiger partial charge in [0.15, 0.2) is 0 Å². The summed E-state index contributed by atoms with van der Waals surface area (Å²) < 4.78 is 0. The lowest BCUT2D eigenvalue weighted by Crippen LogP contribution is -2.48. The fourth-order valence-electron chi connectivity index (χ4n) is 1.79. The molecule has 160 valence electrons. The zero-order valence-corrected chi connectivity index (χ0v) is 14.9. The van der Waals surface area contributed by atoms with Crippen LogP contribution in [0.25, 0.3) is 0 Å². The summed E-state index contributed by atoms with van der Waals surface area (Å²) in [6, 6.07) is 0. The molecule has 0 saturated heterocycles. The fourth-order valence-corrected chi connectivity index (χ4v) is 1.79. The highest BCUT2D eigenvalue weighted by Gasteiger charge is 2.30. The second-order valence-corrected chi connectivity index (χ2v) is 5.71. The van der Waals surface area contributed by atoms with Gasteiger partial charge >= 0.3 is 0 Å². The summed E-state index contributed by atoms with van der Waals surface area (Å²) in [6.07, 6.45) is -11.3. The molecule has 0 aliphatic rings. The van der Waals surface area contributed by atoms with Crippen molar-refractivity contribution in [2.75, 3.05) is 40.4 Å². The minimum Gasteiger partial charge on any atom is -0.394 e. The van der Waals surface area contributed by atoms with Crippen LogP contribution in [0.3, 0.4) is 0 Å². The molecular weight excluding hydrogens is 356 g/mol. The van der Waals surface area contributed by atoms with E-state index in [0.717, 1.165) is 0 Å². The molecule has 0 rings (SSSR count). The summed E-state index contributed by atoms with van der Waals surface area (Å²) in [6.45, 7) is -1.14. The van der Waals surface area contributed by atoms with Gasteiger partial charge in [-0.1, -0.05) is 0 Å². The Bertz CT molecular complexity index is 298. The first-order valence-corrected chi connectivity index (χ1v) is 8.04. The Morgan fingerprint density at radius 3 is 0.923 bits per heavy atom. The van der Waals surface area contributed by atoms with Gasteiger partial charge in [0, 0.05) is 13.1 Å². The highest BCUT2D eigenvalue weighted by molar-refractivity contribution is 4.82. The van der Waals surface area contributed by atoms with Crippen LogP contribution >= 0.6 is 0 Å². The van der Waals surface area contributed by atoms with Crippen LogP contribution in [0.1, 0.15) is 0 Å². The van der Waals surface area contributed by atoms with Gasteiger partial charge in [0.25, 0.3) is 0 Å². The lowest BCUT2D eigenvalue weighted by molar-refractivity contribution is -0.113. The highest BCUT2D eigenvalue weighted by Crippen LogP contribution is 2.04. The third kappa shape index (κ3) is 10.6. The van der Waals surface area contributed by atoms with E-state index in [-0.39, 0.29) is 13.1 Å². The number of nitrogens with one attached hydrogen (secondary N) is 2. The van der Waals surface area contributed by atoms with Gasteiger partial charge in [-0.2, -0.15) is 0 Å². The van der Waals surface area contributed by atoms with Crippen molar-refractivity contribution in [2.24, 2.45) is 0 Å². The van der Waals surface area contributed by atoms with E-state index in [4.69, 9.17) is 40.9 Å². The molecule has 0 aliphatic carbocycles. The van der Waals surface area contributed by atoms with Crippen molar-refractivity contribution in [2.45, 2.75) is 48.8 Å². The molecule has 0 saturated carbocycles. The monoisotopic (exact) mass is 390 g/mol. The molecule has 0 aliphatic heterocycles. The molecule has 0 unspecified atom stereocenters. The summed E-state index contributed by atoms with van der Waals surface area (Å²) in [4.78, 5) is 0. The van der Waals surface area contributed by atoms with Crippen molar-refractivity contribution >= 4 is 0 Å². The van der Waals surface area contributed by atoms with Crippen molar-refractivity contribution in [1.29, 1.82) is 0 Å². The van der Waals surface area contributed by atoms with Gasteiger partial charge in [-0.15, -0.1) is 0 Å². The largest absolute Gasteiger partial charge is 0.394 e. The lowest BCUT2D eigenvalue weighted by atomic mass is 10.0. The molecule has 0 aromatic carbocycles. The van der Waals surface area contributed by atoms with Gasteiger partial charge in [0.2, 0.25) is 0 Å². The molecular formula is C14H34N2O10. The van der Waals surface area contributed by atoms with E-state index in [1.54, 1.807) is 14.1 Å². The van der Waals surface area contributed by atoms with E-state index in [1.165, 1.54) is 0 Å². The third-order valence-corrected chi connectivity index (χ3v) is 3.48. The molecule has 0 aromatic rings. The molecule has 26 heavy (non-hydrogen) atoms. The van der Waals surface area contributed by atoms with E-state index in [1.807, 2.05) is 0 Å². The standard InChI is InChI=1S/2C7H17NO5/c2*1-8-2-4(10)6(12)7(13)5(11)3-9/h2*4-13H,2-3H2,1H3/t2*4-,5+,6+,7+/m00/s1. The van der Waals surface area contributed by atoms with Crippen LogP contribution in [0, 0.1) is 0 Å². The maximum Gasteiger partial charge on any atom is 0.111 e. The Hall–Kier alpha value is -0.480. The first-order chi connectivity index (χ1) is 12.1. The normalized spacial score (nSPS) is 20.8. The quantitative estimate of drug-likeness (QED) is 0.149. The van der Waals surface area contributed by atoms with E-state index < -0.39 is 62.0 Å². The highest BCUT2D eigenvalue weighted by atomic mass is 16.4. The first-order valence-electron chi connectivity index (χ1n) is 8.04. The van der Waals surface area contributed by atoms with Crippen LogP contribution in [-0.2, 0) is 0 Å². The summed E-state index contributed by atoms with van der Waals surface area (Å²) in [5, 5.41) is 95.0. The van der Waals surface area contributed by atoms with Crippen LogP contribution in [0.5, 0.6) is 0 Å². The third-order valence-electron chi connectivity index (χ3n) is 3.48. The fraction of sp³-hybridized carbons (Fsp3) is 1.00. The Balaban J connectivity index is 0. The topological polar surface area (TPSA) is 226 Å². The lowest BCUT2D eigenvalue weighted by Gasteiger charge is -2.25. The van der Waals surface area contributed by atoms with Gasteiger partial charge in [-0.25, -0.2) is 0 Å². The van der Waals surface area contributed by atoms with Crippen molar-refractivity contribution < 1.29 is 51.1 Å². The SMILES string of the molecule is CNC[C@H](O)[C@@H](O)[C@H](O)[C@H](O)CO.CNC[C@H](O)[C@@H](O)[C@H](O)[C@H](O)CO. The molecule has 0 amide bonds. The molecule has 0 fully saturated rings. The van der Waals surface area contributed by atoms with Crippen LogP contribution in [0.15, 0.2) is 0 Å². The molecule has 0 radical (unpaired) electrons. The van der Waals surface area contributed by atoms with Gasteiger partial charge in [0.05, 0.1) is 25.4 Å². The maximum absolute atomic E-state index is 9.21. The predicted octanol–water partition coefficient (Wildman–Crippen LogP) is -6.72.